The number of methoxy groups -OCH3 is 1. The van der Waals surface area contributed by atoms with Gasteiger partial charge in [0.2, 0.25) is 0 Å². The molecule has 0 aliphatic carbocycles. The maximum Gasteiger partial charge on any atom is 0.355 e. The van der Waals surface area contributed by atoms with Gasteiger partial charge in [0.1, 0.15) is 5.69 Å². The molecule has 0 spiro atoms. The predicted molar refractivity (Wildman–Crippen MR) is 88.5 cm³/mol. The minimum atomic E-state index is -0.682. The zero-order chi connectivity index (χ0) is 18.7. The lowest BCUT2D eigenvalue weighted by molar-refractivity contribution is -0.146. The van der Waals surface area contributed by atoms with Gasteiger partial charge in [0.15, 0.2) is 6.61 Å². The van der Waals surface area contributed by atoms with Crippen LogP contribution >= 0.6 is 0 Å². The van der Waals surface area contributed by atoms with Crippen LogP contribution in [0, 0.1) is 13.8 Å². The monoisotopic (exact) mass is 352 g/mol. The maximum absolute atomic E-state index is 12.3. The molecule has 0 bridgehead atoms. The summed E-state index contributed by atoms with van der Waals surface area (Å²) in [6, 6.07) is 0. The van der Waals surface area contributed by atoms with Crippen molar-refractivity contribution in [2.45, 2.75) is 39.9 Å². The fourth-order valence-corrected chi connectivity index (χ4v) is 3.03. The highest BCUT2D eigenvalue weighted by atomic mass is 16.5. The first-order valence-corrected chi connectivity index (χ1v) is 8.12. The average Bonchev–Trinajstić information content (AvgIpc) is 2.85. The number of esters is 2. The van der Waals surface area contributed by atoms with Crippen molar-refractivity contribution in [2.75, 3.05) is 26.8 Å². The van der Waals surface area contributed by atoms with Crippen LogP contribution in [0.2, 0.25) is 0 Å². The summed E-state index contributed by atoms with van der Waals surface area (Å²) in [7, 11) is 1.27. The van der Waals surface area contributed by atoms with E-state index in [2.05, 4.69) is 4.98 Å². The van der Waals surface area contributed by atoms with E-state index in [9.17, 15) is 14.4 Å². The molecule has 1 aromatic heterocycles. The molecule has 0 unspecified atom stereocenters. The highest BCUT2D eigenvalue weighted by molar-refractivity contribution is 5.99. The van der Waals surface area contributed by atoms with E-state index in [-0.39, 0.29) is 30.4 Å². The summed E-state index contributed by atoms with van der Waals surface area (Å²) in [5.41, 5.74) is 1.40. The molecule has 1 aliphatic heterocycles. The van der Waals surface area contributed by atoms with E-state index < -0.39 is 11.9 Å². The molecule has 1 saturated heterocycles. The Balaban J connectivity index is 2.01. The van der Waals surface area contributed by atoms with Crippen molar-refractivity contribution in [3.8, 4) is 0 Å². The van der Waals surface area contributed by atoms with Crippen molar-refractivity contribution in [1.29, 1.82) is 0 Å². The van der Waals surface area contributed by atoms with Crippen LogP contribution < -0.4 is 0 Å². The smallest absolute Gasteiger partial charge is 0.355 e. The molecular formula is C17H24N2O6. The first-order valence-electron chi connectivity index (χ1n) is 8.12. The van der Waals surface area contributed by atoms with Gasteiger partial charge in [-0.25, -0.2) is 9.59 Å². The van der Waals surface area contributed by atoms with Crippen LogP contribution in [0.4, 0.5) is 0 Å². The molecule has 0 saturated carbocycles. The summed E-state index contributed by atoms with van der Waals surface area (Å²) in [5.74, 6) is -1.49. The van der Waals surface area contributed by atoms with Gasteiger partial charge >= 0.3 is 11.9 Å². The maximum atomic E-state index is 12.3. The third kappa shape index (κ3) is 4.19. The number of morpholine rings is 1. The van der Waals surface area contributed by atoms with Gasteiger partial charge in [0, 0.05) is 18.8 Å². The topological polar surface area (TPSA) is 97.9 Å². The molecule has 1 amide bonds. The van der Waals surface area contributed by atoms with E-state index in [0.717, 1.165) is 0 Å². The van der Waals surface area contributed by atoms with Crippen LogP contribution in [-0.4, -0.2) is 66.7 Å². The highest BCUT2D eigenvalue weighted by Gasteiger charge is 2.28. The lowest BCUT2D eigenvalue weighted by Gasteiger charge is -2.35. The third-order valence-electron chi connectivity index (χ3n) is 4.13. The molecule has 0 radical (unpaired) electrons. The summed E-state index contributed by atoms with van der Waals surface area (Å²) >= 11 is 0. The lowest BCUT2D eigenvalue weighted by atomic mass is 10.1. The Morgan fingerprint density at radius 2 is 1.76 bits per heavy atom. The number of carbonyl (C=O) groups is 3. The van der Waals surface area contributed by atoms with Gasteiger partial charge in [-0.1, -0.05) is 0 Å². The molecule has 25 heavy (non-hydrogen) atoms. The number of rotatable bonds is 4. The van der Waals surface area contributed by atoms with Crippen LogP contribution in [0.3, 0.4) is 0 Å². The molecule has 1 aliphatic rings. The fourth-order valence-electron chi connectivity index (χ4n) is 3.03. The second kappa shape index (κ2) is 7.69. The van der Waals surface area contributed by atoms with Crippen molar-refractivity contribution < 1.29 is 28.6 Å². The zero-order valence-electron chi connectivity index (χ0n) is 15.2. The van der Waals surface area contributed by atoms with Crippen molar-refractivity contribution >= 4 is 17.8 Å². The molecule has 138 valence electrons. The average molecular weight is 352 g/mol. The largest absolute Gasteiger partial charge is 0.465 e. The van der Waals surface area contributed by atoms with Gasteiger partial charge in [0.05, 0.1) is 24.9 Å². The van der Waals surface area contributed by atoms with E-state index in [4.69, 9.17) is 14.2 Å². The van der Waals surface area contributed by atoms with E-state index in [1.807, 2.05) is 13.8 Å². The van der Waals surface area contributed by atoms with Gasteiger partial charge in [0.25, 0.3) is 5.91 Å². The molecule has 8 nitrogen and oxygen atoms in total. The van der Waals surface area contributed by atoms with Crippen molar-refractivity contribution in [3.05, 3.63) is 22.5 Å². The Hall–Kier alpha value is -2.35. The second-order valence-corrected chi connectivity index (χ2v) is 6.25. The van der Waals surface area contributed by atoms with Gasteiger partial charge in [-0.2, -0.15) is 0 Å². The normalized spacial score (nSPS) is 20.3. The number of aromatic amines is 1. The minimum absolute atomic E-state index is 0.0562. The Morgan fingerprint density at radius 1 is 1.16 bits per heavy atom. The standard InChI is InChI=1S/C17H24N2O6/c1-9-6-19(7-10(2)25-9)13(20)8-24-17(22)15-11(3)14(12(4)18-15)16(21)23-5/h9-10,18H,6-8H2,1-5H3/t9-,10-/m1/s1. The van der Waals surface area contributed by atoms with Crippen LogP contribution in [0.1, 0.15) is 46.0 Å². The molecule has 2 rings (SSSR count). The second-order valence-electron chi connectivity index (χ2n) is 6.25. The van der Waals surface area contributed by atoms with Crippen molar-refractivity contribution in [2.24, 2.45) is 0 Å². The van der Waals surface area contributed by atoms with Crippen LogP contribution in [0.5, 0.6) is 0 Å². The summed E-state index contributed by atoms with van der Waals surface area (Å²) in [6.07, 6.45) is -0.112. The minimum Gasteiger partial charge on any atom is -0.465 e. The van der Waals surface area contributed by atoms with Crippen molar-refractivity contribution in [3.63, 3.8) is 0 Å². The molecule has 1 N–H and O–H groups in total. The summed E-state index contributed by atoms with van der Waals surface area (Å²) in [5, 5.41) is 0. The Bertz CT molecular complexity index is 671. The number of nitrogens with zero attached hydrogens (tertiary/aromatic N) is 1. The Morgan fingerprint density at radius 3 is 2.32 bits per heavy atom. The number of H-pyrrole nitrogens is 1. The first-order chi connectivity index (χ1) is 11.7. The third-order valence-corrected chi connectivity index (χ3v) is 4.13. The molecule has 0 aromatic carbocycles. The van der Waals surface area contributed by atoms with Gasteiger partial charge < -0.3 is 24.1 Å². The number of nitrogens with one attached hydrogen (secondary N) is 1. The van der Waals surface area contributed by atoms with Crippen molar-refractivity contribution in [1.82, 2.24) is 9.88 Å². The van der Waals surface area contributed by atoms with E-state index >= 15 is 0 Å². The van der Waals surface area contributed by atoms with Gasteiger partial charge in [-0.15, -0.1) is 0 Å². The number of ether oxygens (including phenoxy) is 3. The van der Waals surface area contributed by atoms with Crippen LogP contribution in [-0.2, 0) is 19.0 Å². The molecule has 1 aromatic rings. The van der Waals surface area contributed by atoms with E-state index in [1.165, 1.54) is 7.11 Å². The van der Waals surface area contributed by atoms with E-state index in [0.29, 0.717) is 29.9 Å². The SMILES string of the molecule is COC(=O)c1c(C)[nH]c(C(=O)OCC(=O)N2C[C@@H](C)O[C@H](C)C2)c1C. The summed E-state index contributed by atoms with van der Waals surface area (Å²) in [6.45, 7) is 7.64. The van der Waals surface area contributed by atoms with E-state index in [1.54, 1.807) is 18.7 Å². The number of aromatic nitrogens is 1. The number of aryl methyl sites for hydroxylation is 1. The van der Waals surface area contributed by atoms with Crippen LogP contribution in [0.15, 0.2) is 0 Å². The van der Waals surface area contributed by atoms with Gasteiger partial charge in [-0.3, -0.25) is 4.79 Å². The number of hydrogen-bond acceptors (Lipinski definition) is 6. The molecular weight excluding hydrogens is 328 g/mol. The number of carbonyl (C=O) groups excluding carboxylic acids is 3. The quantitative estimate of drug-likeness (QED) is 0.818. The Kier molecular flexibility index (Phi) is 5.84. The molecule has 2 atom stereocenters. The van der Waals surface area contributed by atoms with Crippen LogP contribution in [0.25, 0.3) is 0 Å². The Labute approximate surface area is 146 Å². The van der Waals surface area contributed by atoms with Gasteiger partial charge in [-0.05, 0) is 33.3 Å². The zero-order valence-corrected chi connectivity index (χ0v) is 15.2. The number of hydrogen-bond donors (Lipinski definition) is 1. The molecule has 8 heteroatoms. The predicted octanol–water partition coefficient (Wildman–Crippen LogP) is 1.21. The summed E-state index contributed by atoms with van der Waals surface area (Å²) < 4.78 is 15.4. The molecule has 1 fully saturated rings. The lowest BCUT2D eigenvalue weighted by Crippen LogP contribution is -2.49. The summed E-state index contributed by atoms with van der Waals surface area (Å²) in [4.78, 5) is 40.7. The highest BCUT2D eigenvalue weighted by Crippen LogP contribution is 2.19. The fraction of sp³-hybridized carbons (Fsp3) is 0.588. The number of amides is 1. The molecule has 2 heterocycles. The first kappa shape index (κ1) is 19.0.